The number of carbonyl (C=O) groups is 1. The summed E-state index contributed by atoms with van der Waals surface area (Å²) in [6.07, 6.45) is -3.33. The van der Waals surface area contributed by atoms with Crippen molar-refractivity contribution in [3.8, 4) is 0 Å². The third-order valence-corrected chi connectivity index (χ3v) is 3.72. The van der Waals surface area contributed by atoms with Crippen LogP contribution in [-0.4, -0.2) is 24.9 Å². The van der Waals surface area contributed by atoms with E-state index in [0.29, 0.717) is 13.0 Å². The van der Waals surface area contributed by atoms with Crippen LogP contribution in [0.1, 0.15) is 12.0 Å². The first-order valence-electron chi connectivity index (χ1n) is 6.19. The number of hydrogen-bond acceptors (Lipinski definition) is 3. The fourth-order valence-electron chi connectivity index (χ4n) is 2.57. The minimum Gasteiger partial charge on any atom is -0.439 e. The van der Waals surface area contributed by atoms with Crippen molar-refractivity contribution in [1.82, 2.24) is 5.32 Å². The molecule has 0 amide bonds. The van der Waals surface area contributed by atoms with Gasteiger partial charge < -0.3 is 4.74 Å². The molecule has 1 heterocycles. The maximum absolute atomic E-state index is 12.2. The Kier molecular flexibility index (Phi) is 2.86. The van der Waals surface area contributed by atoms with Crippen LogP contribution in [0.25, 0.3) is 5.57 Å². The molecule has 20 heavy (non-hydrogen) atoms. The maximum atomic E-state index is 12.2. The van der Waals surface area contributed by atoms with Gasteiger partial charge in [0.15, 0.2) is 6.23 Å². The number of benzene rings is 1. The Labute approximate surface area is 113 Å². The van der Waals surface area contributed by atoms with Crippen molar-refractivity contribution < 1.29 is 22.7 Å². The van der Waals surface area contributed by atoms with Gasteiger partial charge in [0.1, 0.15) is 0 Å². The number of nitrogens with one attached hydrogen (secondary N) is 1. The van der Waals surface area contributed by atoms with E-state index in [1.165, 1.54) is 0 Å². The normalized spacial score (nSPS) is 28.4. The van der Waals surface area contributed by atoms with Crippen molar-refractivity contribution in [2.75, 3.05) is 6.54 Å². The van der Waals surface area contributed by atoms with Crippen LogP contribution >= 0.6 is 0 Å². The number of allylic oxidation sites excluding steroid dienone is 1. The number of alkyl halides is 3. The standard InChI is InChI=1S/C14H12F3NO2/c15-14(16,17)12(19)20-11-13(8-18-11)6-10(7-13)9-4-2-1-3-5-9/h1-6,11,18H,7-8H2. The Morgan fingerprint density at radius 2 is 1.95 bits per heavy atom. The predicted molar refractivity (Wildman–Crippen MR) is 65.4 cm³/mol. The molecule has 6 heteroatoms. The van der Waals surface area contributed by atoms with Crippen LogP contribution in [0.4, 0.5) is 13.2 Å². The topological polar surface area (TPSA) is 38.3 Å². The molecule has 0 radical (unpaired) electrons. The lowest BCUT2D eigenvalue weighted by Gasteiger charge is -2.53. The van der Waals surface area contributed by atoms with E-state index < -0.39 is 23.8 Å². The molecule has 2 atom stereocenters. The van der Waals surface area contributed by atoms with Gasteiger partial charge in [0.25, 0.3) is 0 Å². The minimum absolute atomic E-state index is 0.480. The summed E-state index contributed by atoms with van der Waals surface area (Å²) in [6, 6.07) is 9.60. The highest BCUT2D eigenvalue weighted by atomic mass is 19.4. The SMILES string of the molecule is O=C(OC1NCC12C=C(c1ccccc1)C2)C(F)(F)F. The van der Waals surface area contributed by atoms with E-state index in [1.807, 2.05) is 36.4 Å². The molecule has 2 unspecified atom stereocenters. The molecule has 1 aliphatic heterocycles. The van der Waals surface area contributed by atoms with Gasteiger partial charge in [0.05, 0.1) is 5.41 Å². The van der Waals surface area contributed by atoms with Gasteiger partial charge in [-0.25, -0.2) is 4.79 Å². The Hall–Kier alpha value is -1.82. The van der Waals surface area contributed by atoms with E-state index in [2.05, 4.69) is 10.1 Å². The van der Waals surface area contributed by atoms with Gasteiger partial charge in [0.2, 0.25) is 0 Å². The zero-order valence-electron chi connectivity index (χ0n) is 10.4. The fourth-order valence-corrected chi connectivity index (χ4v) is 2.57. The lowest BCUT2D eigenvalue weighted by molar-refractivity contribution is -0.218. The number of halogens is 3. The van der Waals surface area contributed by atoms with Gasteiger partial charge in [-0.3, -0.25) is 5.32 Å². The summed E-state index contributed by atoms with van der Waals surface area (Å²) in [4.78, 5) is 10.8. The second-order valence-electron chi connectivity index (χ2n) is 5.11. The molecule has 1 fully saturated rings. The molecular formula is C14H12F3NO2. The second kappa shape index (κ2) is 4.34. The van der Waals surface area contributed by atoms with E-state index in [1.54, 1.807) is 0 Å². The summed E-state index contributed by atoms with van der Waals surface area (Å²) in [7, 11) is 0. The van der Waals surface area contributed by atoms with E-state index >= 15 is 0 Å². The average Bonchev–Trinajstić information content (AvgIpc) is 2.33. The molecule has 1 spiro atoms. The summed E-state index contributed by atoms with van der Waals surface area (Å²) in [6.45, 7) is 0.527. The zero-order chi connectivity index (χ0) is 14.4. The zero-order valence-corrected chi connectivity index (χ0v) is 10.4. The number of esters is 1. The van der Waals surface area contributed by atoms with E-state index in [9.17, 15) is 18.0 Å². The molecular weight excluding hydrogens is 271 g/mol. The molecule has 0 bridgehead atoms. The van der Waals surface area contributed by atoms with Crippen molar-refractivity contribution in [3.05, 3.63) is 42.0 Å². The average molecular weight is 283 g/mol. The number of rotatable bonds is 2. The van der Waals surface area contributed by atoms with Crippen LogP contribution < -0.4 is 5.32 Å². The van der Waals surface area contributed by atoms with E-state index in [0.717, 1.165) is 11.1 Å². The Bertz CT molecular complexity index is 568. The van der Waals surface area contributed by atoms with Gasteiger partial charge in [-0.05, 0) is 17.6 Å². The molecule has 3 nitrogen and oxygen atoms in total. The van der Waals surface area contributed by atoms with Gasteiger partial charge in [-0.2, -0.15) is 13.2 Å². The minimum atomic E-state index is -4.95. The largest absolute Gasteiger partial charge is 0.490 e. The van der Waals surface area contributed by atoms with Gasteiger partial charge in [0, 0.05) is 6.54 Å². The van der Waals surface area contributed by atoms with E-state index in [4.69, 9.17) is 0 Å². The van der Waals surface area contributed by atoms with Crippen molar-refractivity contribution >= 4 is 11.5 Å². The van der Waals surface area contributed by atoms with Crippen LogP contribution in [-0.2, 0) is 9.53 Å². The third-order valence-electron chi connectivity index (χ3n) is 3.72. The van der Waals surface area contributed by atoms with Gasteiger partial charge >= 0.3 is 12.1 Å². The first-order chi connectivity index (χ1) is 9.41. The quantitative estimate of drug-likeness (QED) is 0.847. The molecule has 1 aliphatic carbocycles. The Balaban J connectivity index is 1.69. The van der Waals surface area contributed by atoms with Crippen LogP contribution in [0.3, 0.4) is 0 Å². The van der Waals surface area contributed by atoms with Crippen LogP contribution in [0.15, 0.2) is 36.4 Å². The molecule has 3 rings (SSSR count). The van der Waals surface area contributed by atoms with Crippen molar-refractivity contribution in [2.24, 2.45) is 5.41 Å². The van der Waals surface area contributed by atoms with Gasteiger partial charge in [-0.15, -0.1) is 0 Å². The van der Waals surface area contributed by atoms with Crippen LogP contribution in [0.5, 0.6) is 0 Å². The highest BCUT2D eigenvalue weighted by Crippen LogP contribution is 2.50. The van der Waals surface area contributed by atoms with Crippen molar-refractivity contribution in [3.63, 3.8) is 0 Å². The Morgan fingerprint density at radius 3 is 2.45 bits per heavy atom. The summed E-state index contributed by atoms with van der Waals surface area (Å²) in [5.74, 6) is -2.14. The molecule has 2 aliphatic rings. The molecule has 106 valence electrons. The summed E-state index contributed by atoms with van der Waals surface area (Å²) in [5, 5.41) is 2.73. The van der Waals surface area contributed by atoms with Crippen molar-refractivity contribution in [1.29, 1.82) is 0 Å². The fraction of sp³-hybridized carbons (Fsp3) is 0.357. The number of ether oxygens (including phenoxy) is 1. The first-order valence-corrected chi connectivity index (χ1v) is 6.19. The summed E-state index contributed by atoms with van der Waals surface area (Å²) in [5.41, 5.74) is 1.64. The lowest BCUT2D eigenvalue weighted by atomic mass is 9.64. The predicted octanol–water partition coefficient (Wildman–Crippen LogP) is 2.49. The monoisotopic (exact) mass is 283 g/mol. The number of hydrogen-bond donors (Lipinski definition) is 1. The van der Waals surface area contributed by atoms with E-state index in [-0.39, 0.29) is 0 Å². The van der Waals surface area contributed by atoms with Crippen LogP contribution in [0, 0.1) is 5.41 Å². The lowest BCUT2D eigenvalue weighted by Crippen LogP contribution is -2.66. The number of carbonyl (C=O) groups excluding carboxylic acids is 1. The van der Waals surface area contributed by atoms with Crippen LogP contribution in [0.2, 0.25) is 0 Å². The summed E-state index contributed by atoms with van der Waals surface area (Å²) < 4.78 is 41.0. The molecule has 1 aromatic carbocycles. The first kappa shape index (κ1) is 13.2. The smallest absolute Gasteiger partial charge is 0.439 e. The Morgan fingerprint density at radius 1 is 1.30 bits per heavy atom. The molecule has 1 aromatic rings. The second-order valence-corrected chi connectivity index (χ2v) is 5.11. The molecule has 0 aromatic heterocycles. The highest BCUT2D eigenvalue weighted by Gasteiger charge is 2.55. The molecule has 1 N–H and O–H groups in total. The van der Waals surface area contributed by atoms with Gasteiger partial charge in [-0.1, -0.05) is 36.4 Å². The highest BCUT2D eigenvalue weighted by molar-refractivity contribution is 5.77. The van der Waals surface area contributed by atoms with Crippen molar-refractivity contribution in [2.45, 2.75) is 18.8 Å². The maximum Gasteiger partial charge on any atom is 0.490 e. The summed E-state index contributed by atoms with van der Waals surface area (Å²) >= 11 is 0. The molecule has 1 saturated heterocycles. The third kappa shape index (κ3) is 2.10. The molecule has 0 saturated carbocycles.